The molecular weight excluding hydrogens is 504 g/mol. The van der Waals surface area contributed by atoms with Crippen LogP contribution in [-0.2, 0) is 35.6 Å². The van der Waals surface area contributed by atoms with Gasteiger partial charge in [0.15, 0.2) is 0 Å². The minimum Gasteiger partial charge on any atom is -0.467 e. The minimum atomic E-state index is -5.11. The first-order valence-electron chi connectivity index (χ1n) is 9.71. The Labute approximate surface area is 195 Å². The quantitative estimate of drug-likeness (QED) is 0.303. The monoisotopic (exact) mass is 521 g/mol. The zero-order valence-electron chi connectivity index (χ0n) is 17.9. The van der Waals surface area contributed by atoms with Gasteiger partial charge in [-0.25, -0.2) is 0 Å². The van der Waals surface area contributed by atoms with Crippen LogP contribution in [0.2, 0.25) is 0 Å². The highest BCUT2D eigenvalue weighted by atomic mass is 32.2. The number of benzene rings is 2. The Morgan fingerprint density at radius 3 is 1.94 bits per heavy atom. The maximum absolute atomic E-state index is 13.2. The van der Waals surface area contributed by atoms with Crippen LogP contribution in [0.1, 0.15) is 32.8 Å². The van der Waals surface area contributed by atoms with Gasteiger partial charge in [-0.2, -0.15) is 34.8 Å². The highest BCUT2D eigenvalue weighted by Crippen LogP contribution is 2.36. The average molecular weight is 521 g/mol. The molecule has 0 radical (unpaired) electrons. The van der Waals surface area contributed by atoms with Gasteiger partial charge in [0, 0.05) is 12.1 Å². The fourth-order valence-electron chi connectivity index (χ4n) is 3.10. The van der Waals surface area contributed by atoms with Crippen LogP contribution in [-0.4, -0.2) is 25.5 Å². The molecular formula is C22H17F6NO5S. The molecule has 3 rings (SSSR count). The first-order chi connectivity index (χ1) is 16.1. The Bertz CT molecular complexity index is 1250. The van der Waals surface area contributed by atoms with Crippen molar-refractivity contribution in [2.75, 3.05) is 6.26 Å². The number of hydrogen-bond donors (Lipinski definition) is 0. The lowest BCUT2D eigenvalue weighted by molar-refractivity contribution is -0.143. The van der Waals surface area contributed by atoms with Crippen molar-refractivity contribution in [2.45, 2.75) is 25.4 Å². The molecule has 1 heterocycles. The molecule has 188 valence electrons. The molecule has 0 aliphatic heterocycles. The molecule has 6 nitrogen and oxygen atoms in total. The molecule has 0 bridgehead atoms. The van der Waals surface area contributed by atoms with Gasteiger partial charge in [-0.15, -0.1) is 0 Å². The molecule has 0 aliphatic rings. The number of furan rings is 1. The first-order valence-corrected chi connectivity index (χ1v) is 11.5. The maximum Gasteiger partial charge on any atom is 0.416 e. The molecule has 0 unspecified atom stereocenters. The lowest BCUT2D eigenvalue weighted by Gasteiger charge is -2.23. The number of carbonyl (C=O) groups excluding carboxylic acids is 1. The van der Waals surface area contributed by atoms with Crippen LogP contribution in [0.15, 0.2) is 65.3 Å². The fourth-order valence-corrected chi connectivity index (χ4v) is 3.56. The Morgan fingerprint density at radius 2 is 1.49 bits per heavy atom. The molecule has 0 atom stereocenters. The van der Waals surface area contributed by atoms with Crippen molar-refractivity contribution in [2.24, 2.45) is 0 Å². The number of alkyl halides is 6. The second-order valence-electron chi connectivity index (χ2n) is 7.47. The normalized spacial score (nSPS) is 12.4. The van der Waals surface area contributed by atoms with E-state index in [4.69, 9.17) is 8.60 Å². The van der Waals surface area contributed by atoms with E-state index in [0.717, 1.165) is 11.2 Å². The van der Waals surface area contributed by atoms with Crippen LogP contribution >= 0.6 is 0 Å². The Hall–Kier alpha value is -3.48. The van der Waals surface area contributed by atoms with Gasteiger partial charge < -0.3 is 13.5 Å². The highest BCUT2D eigenvalue weighted by molar-refractivity contribution is 7.86. The third kappa shape index (κ3) is 7.25. The summed E-state index contributed by atoms with van der Waals surface area (Å²) in [6.07, 6.45) is -8.09. The molecule has 0 fully saturated rings. The van der Waals surface area contributed by atoms with E-state index in [1.807, 2.05) is 0 Å². The van der Waals surface area contributed by atoms with Crippen LogP contribution in [0.5, 0.6) is 5.75 Å². The van der Waals surface area contributed by atoms with Gasteiger partial charge in [0.05, 0.1) is 30.2 Å². The van der Waals surface area contributed by atoms with E-state index in [0.29, 0.717) is 17.7 Å². The molecule has 0 spiro atoms. The summed E-state index contributed by atoms with van der Waals surface area (Å²) in [6, 6.07) is 9.01. The molecule has 2 aromatic carbocycles. The molecule has 1 amide bonds. The van der Waals surface area contributed by atoms with Gasteiger partial charge in [0.2, 0.25) is 0 Å². The number of carbonyl (C=O) groups is 1. The van der Waals surface area contributed by atoms with Gasteiger partial charge in [-0.3, -0.25) is 4.79 Å². The Morgan fingerprint density at radius 1 is 0.914 bits per heavy atom. The van der Waals surface area contributed by atoms with Gasteiger partial charge in [-0.1, -0.05) is 12.1 Å². The lowest BCUT2D eigenvalue weighted by Crippen LogP contribution is -2.30. The largest absolute Gasteiger partial charge is 0.467 e. The maximum atomic E-state index is 13.2. The van der Waals surface area contributed by atoms with E-state index in [9.17, 15) is 39.6 Å². The van der Waals surface area contributed by atoms with Crippen LogP contribution in [0, 0.1) is 0 Å². The van der Waals surface area contributed by atoms with Crippen molar-refractivity contribution in [3.63, 3.8) is 0 Å². The van der Waals surface area contributed by atoms with Crippen LogP contribution in [0.25, 0.3) is 0 Å². The average Bonchev–Trinajstić information content (AvgIpc) is 3.24. The Balaban J connectivity index is 1.97. The zero-order chi connectivity index (χ0) is 26.0. The molecule has 0 aliphatic carbocycles. The van der Waals surface area contributed by atoms with Gasteiger partial charge in [0.25, 0.3) is 5.91 Å². The van der Waals surface area contributed by atoms with Crippen LogP contribution < -0.4 is 4.18 Å². The summed E-state index contributed by atoms with van der Waals surface area (Å²) in [5.41, 5.74) is -3.64. The highest BCUT2D eigenvalue weighted by Gasteiger charge is 2.38. The van der Waals surface area contributed by atoms with Gasteiger partial charge >= 0.3 is 22.5 Å². The molecule has 0 saturated heterocycles. The van der Waals surface area contributed by atoms with Crippen molar-refractivity contribution in [1.29, 1.82) is 0 Å². The first kappa shape index (κ1) is 26.1. The topological polar surface area (TPSA) is 76.8 Å². The van der Waals surface area contributed by atoms with E-state index >= 15 is 0 Å². The molecule has 1 aromatic heterocycles. The standard InChI is InChI=1S/C22H17F6NO5S/c1-35(31,32)34-18-6-4-14(5-7-18)12-29(13-19-3-2-8-33-19)20(30)15-9-16(21(23,24)25)11-17(10-15)22(26,27)28/h2-11H,12-13H2,1H3. The summed E-state index contributed by atoms with van der Waals surface area (Å²) in [4.78, 5) is 14.1. The van der Waals surface area contributed by atoms with E-state index in [2.05, 4.69) is 0 Å². The number of hydrogen-bond acceptors (Lipinski definition) is 5. The third-order valence-electron chi connectivity index (χ3n) is 4.59. The number of amides is 1. The molecule has 35 heavy (non-hydrogen) atoms. The summed E-state index contributed by atoms with van der Waals surface area (Å²) in [5.74, 6) is -0.888. The predicted molar refractivity (Wildman–Crippen MR) is 111 cm³/mol. The third-order valence-corrected chi connectivity index (χ3v) is 5.09. The molecule has 3 aromatic rings. The molecule has 13 heteroatoms. The SMILES string of the molecule is CS(=O)(=O)Oc1ccc(CN(Cc2ccco2)C(=O)c2cc(C(F)(F)F)cc(C(F)(F)F)c2)cc1. The summed E-state index contributed by atoms with van der Waals surface area (Å²) in [7, 11) is -3.79. The fraction of sp³-hybridized carbons (Fsp3) is 0.227. The molecule has 0 N–H and O–H groups in total. The van der Waals surface area contributed by atoms with Gasteiger partial charge in [-0.05, 0) is 48.0 Å². The Kier molecular flexibility index (Phi) is 7.20. The van der Waals surface area contributed by atoms with Crippen molar-refractivity contribution in [3.05, 3.63) is 88.9 Å². The predicted octanol–water partition coefficient (Wildman–Crippen LogP) is 5.50. The van der Waals surface area contributed by atoms with Crippen LogP contribution in [0.4, 0.5) is 26.3 Å². The number of rotatable bonds is 7. The molecule has 0 saturated carbocycles. The smallest absolute Gasteiger partial charge is 0.416 e. The lowest BCUT2D eigenvalue weighted by atomic mass is 10.0. The summed E-state index contributed by atoms with van der Waals surface area (Å²) >= 11 is 0. The van der Waals surface area contributed by atoms with Gasteiger partial charge in [0.1, 0.15) is 11.5 Å². The number of nitrogens with zero attached hydrogens (tertiary/aromatic N) is 1. The van der Waals surface area contributed by atoms with Crippen molar-refractivity contribution in [3.8, 4) is 5.75 Å². The van der Waals surface area contributed by atoms with Crippen molar-refractivity contribution >= 4 is 16.0 Å². The second kappa shape index (κ2) is 9.64. The summed E-state index contributed by atoms with van der Waals surface area (Å²) in [5, 5.41) is 0. The zero-order valence-corrected chi connectivity index (χ0v) is 18.7. The second-order valence-corrected chi connectivity index (χ2v) is 9.04. The summed E-state index contributed by atoms with van der Waals surface area (Å²) < 4.78 is 112. The van der Waals surface area contributed by atoms with E-state index in [1.54, 1.807) is 0 Å². The van der Waals surface area contributed by atoms with Crippen LogP contribution in [0.3, 0.4) is 0 Å². The van der Waals surface area contributed by atoms with Crippen molar-refractivity contribution < 1.29 is 48.2 Å². The number of halogens is 6. The van der Waals surface area contributed by atoms with Crippen molar-refractivity contribution in [1.82, 2.24) is 4.90 Å². The van der Waals surface area contributed by atoms with E-state index in [1.165, 1.54) is 42.7 Å². The minimum absolute atomic E-state index is 0.0205. The van der Waals surface area contributed by atoms with E-state index < -0.39 is 45.1 Å². The summed E-state index contributed by atoms with van der Waals surface area (Å²) in [6.45, 7) is -0.499. The van der Waals surface area contributed by atoms with E-state index in [-0.39, 0.29) is 30.7 Å².